The Kier molecular flexibility index (Phi) is 2.48. The van der Waals surface area contributed by atoms with Crippen molar-refractivity contribution in [3.8, 4) is 11.3 Å². The van der Waals surface area contributed by atoms with Crippen LogP contribution < -0.4 is 0 Å². The molecule has 0 saturated heterocycles. The summed E-state index contributed by atoms with van der Waals surface area (Å²) in [5.41, 5.74) is 4.00. The molecule has 2 aromatic carbocycles. The summed E-state index contributed by atoms with van der Waals surface area (Å²) in [5.74, 6) is -0.846. The van der Waals surface area contributed by atoms with Crippen molar-refractivity contribution in [3.63, 3.8) is 0 Å². The molecule has 1 aliphatic heterocycles. The fourth-order valence-electron chi connectivity index (χ4n) is 3.03. The minimum atomic E-state index is -0.846. The van der Waals surface area contributed by atoms with Gasteiger partial charge in [-0.1, -0.05) is 48.5 Å². The molecule has 3 nitrogen and oxygen atoms in total. The zero-order chi connectivity index (χ0) is 14.4. The molecule has 0 radical (unpaired) electrons. The van der Waals surface area contributed by atoms with Crippen molar-refractivity contribution in [1.82, 2.24) is 4.57 Å². The number of para-hydroxylation sites is 1. The van der Waals surface area contributed by atoms with E-state index in [0.717, 1.165) is 27.7 Å². The van der Waals surface area contributed by atoms with Gasteiger partial charge in [-0.2, -0.15) is 0 Å². The number of aromatic nitrogens is 1. The number of rotatable bonds is 1. The number of benzene rings is 2. The molecule has 0 fully saturated rings. The number of hydrogen-bond donors (Lipinski definition) is 1. The Bertz CT molecular complexity index is 889. The summed E-state index contributed by atoms with van der Waals surface area (Å²) in [6, 6.07) is 17.3. The predicted molar refractivity (Wildman–Crippen MR) is 83.1 cm³/mol. The summed E-state index contributed by atoms with van der Waals surface area (Å²) in [4.78, 5) is 11.7. The zero-order valence-corrected chi connectivity index (χ0v) is 11.2. The highest BCUT2D eigenvalue weighted by Crippen LogP contribution is 2.36. The van der Waals surface area contributed by atoms with Gasteiger partial charge < -0.3 is 9.67 Å². The minimum absolute atomic E-state index is 0.688. The Morgan fingerprint density at radius 1 is 1.05 bits per heavy atom. The molecule has 0 aliphatic carbocycles. The Balaban J connectivity index is 2.14. The van der Waals surface area contributed by atoms with E-state index in [4.69, 9.17) is 0 Å². The first-order valence-corrected chi connectivity index (χ1v) is 6.86. The van der Waals surface area contributed by atoms with Crippen LogP contribution in [0.15, 0.2) is 60.7 Å². The molecule has 2 heterocycles. The highest BCUT2D eigenvalue weighted by molar-refractivity contribution is 5.93. The number of aliphatic carboxylic acids is 1. The van der Waals surface area contributed by atoms with Gasteiger partial charge in [0.2, 0.25) is 0 Å². The van der Waals surface area contributed by atoms with Gasteiger partial charge in [0.1, 0.15) is 0 Å². The molecular formula is C18H13NO2. The Morgan fingerprint density at radius 2 is 1.81 bits per heavy atom. The topological polar surface area (TPSA) is 42.2 Å². The highest BCUT2D eigenvalue weighted by Gasteiger charge is 2.25. The lowest BCUT2D eigenvalue weighted by Gasteiger charge is -2.14. The summed E-state index contributed by atoms with van der Waals surface area (Å²) in [7, 11) is 0. The van der Waals surface area contributed by atoms with Crippen LogP contribution in [0.5, 0.6) is 0 Å². The number of fused-ring (bicyclic) bond motifs is 5. The first kappa shape index (κ1) is 12.0. The molecule has 21 heavy (non-hydrogen) atoms. The average molecular weight is 275 g/mol. The fourth-order valence-corrected chi connectivity index (χ4v) is 3.03. The molecule has 0 saturated carbocycles. The SMILES string of the molecule is O=C(O)C1C=Cc2ccccc2-c2cc3ccccc3n21. The van der Waals surface area contributed by atoms with Gasteiger partial charge in [0.05, 0.1) is 5.69 Å². The van der Waals surface area contributed by atoms with E-state index < -0.39 is 12.0 Å². The van der Waals surface area contributed by atoms with Crippen LogP contribution in [0.3, 0.4) is 0 Å². The molecule has 0 spiro atoms. The van der Waals surface area contributed by atoms with E-state index in [-0.39, 0.29) is 0 Å². The molecule has 3 aromatic rings. The van der Waals surface area contributed by atoms with E-state index in [1.54, 1.807) is 6.08 Å². The van der Waals surface area contributed by atoms with Crippen LogP contribution in [0.25, 0.3) is 28.2 Å². The molecule has 0 amide bonds. The fraction of sp³-hybridized carbons (Fsp3) is 0.0556. The van der Waals surface area contributed by atoms with Crippen LogP contribution in [0, 0.1) is 0 Å². The van der Waals surface area contributed by atoms with E-state index in [0.29, 0.717) is 0 Å². The van der Waals surface area contributed by atoms with Crippen LogP contribution in [0.2, 0.25) is 0 Å². The maximum Gasteiger partial charge on any atom is 0.330 e. The van der Waals surface area contributed by atoms with Crippen LogP contribution in [0.1, 0.15) is 11.6 Å². The van der Waals surface area contributed by atoms with Crippen LogP contribution in [-0.2, 0) is 4.79 Å². The van der Waals surface area contributed by atoms with Crippen LogP contribution in [-0.4, -0.2) is 15.6 Å². The van der Waals surface area contributed by atoms with Gasteiger partial charge in [-0.25, -0.2) is 4.79 Å². The van der Waals surface area contributed by atoms with E-state index >= 15 is 0 Å². The third-order valence-corrected chi connectivity index (χ3v) is 3.97. The van der Waals surface area contributed by atoms with E-state index in [9.17, 15) is 9.90 Å². The molecule has 1 N–H and O–H groups in total. The van der Waals surface area contributed by atoms with Crippen LogP contribution >= 0.6 is 0 Å². The summed E-state index contributed by atoms with van der Waals surface area (Å²) in [5, 5.41) is 10.7. The van der Waals surface area contributed by atoms with Crippen molar-refractivity contribution < 1.29 is 9.90 Å². The third kappa shape index (κ3) is 1.71. The van der Waals surface area contributed by atoms with Crippen molar-refractivity contribution in [3.05, 3.63) is 66.2 Å². The predicted octanol–water partition coefficient (Wildman–Crippen LogP) is 3.96. The summed E-state index contributed by atoms with van der Waals surface area (Å²) >= 11 is 0. The molecule has 1 aliphatic rings. The molecule has 4 rings (SSSR count). The van der Waals surface area contributed by atoms with Crippen molar-refractivity contribution in [2.24, 2.45) is 0 Å². The monoisotopic (exact) mass is 275 g/mol. The second-order valence-corrected chi connectivity index (χ2v) is 5.19. The summed E-state index contributed by atoms with van der Waals surface area (Å²) in [6.45, 7) is 0. The number of nitrogens with zero attached hydrogens (tertiary/aromatic N) is 1. The van der Waals surface area contributed by atoms with Gasteiger partial charge in [0.15, 0.2) is 6.04 Å². The molecule has 1 atom stereocenters. The lowest BCUT2D eigenvalue weighted by Crippen LogP contribution is -2.16. The smallest absolute Gasteiger partial charge is 0.330 e. The molecular weight excluding hydrogens is 262 g/mol. The minimum Gasteiger partial charge on any atom is -0.479 e. The van der Waals surface area contributed by atoms with Gasteiger partial charge in [-0.05, 0) is 23.8 Å². The van der Waals surface area contributed by atoms with Crippen molar-refractivity contribution in [2.45, 2.75) is 6.04 Å². The van der Waals surface area contributed by atoms with E-state index in [1.807, 2.05) is 59.2 Å². The normalized spacial score (nSPS) is 16.3. The second kappa shape index (κ2) is 4.35. The van der Waals surface area contributed by atoms with Crippen molar-refractivity contribution in [2.75, 3.05) is 0 Å². The number of hydrogen-bond acceptors (Lipinski definition) is 1. The first-order valence-electron chi connectivity index (χ1n) is 6.86. The highest BCUT2D eigenvalue weighted by atomic mass is 16.4. The third-order valence-electron chi connectivity index (χ3n) is 3.97. The molecule has 0 bridgehead atoms. The Labute approximate surface area is 121 Å². The quantitative estimate of drug-likeness (QED) is 0.730. The molecule has 102 valence electrons. The molecule has 1 aromatic heterocycles. The maximum absolute atomic E-state index is 11.7. The Hall–Kier alpha value is -2.81. The van der Waals surface area contributed by atoms with E-state index in [1.165, 1.54) is 0 Å². The summed E-state index contributed by atoms with van der Waals surface area (Å²) in [6.07, 6.45) is 3.65. The average Bonchev–Trinajstić information content (AvgIpc) is 2.79. The van der Waals surface area contributed by atoms with Gasteiger partial charge in [-0.15, -0.1) is 0 Å². The standard InChI is InChI=1S/C18H13NO2/c20-18(21)16-10-9-12-5-1-3-7-14(12)17-11-13-6-2-4-8-15(13)19(16)17/h1-11,16H,(H,20,21). The molecule has 1 unspecified atom stereocenters. The molecule has 3 heteroatoms. The lowest BCUT2D eigenvalue weighted by atomic mass is 10.0. The first-order chi connectivity index (χ1) is 10.3. The van der Waals surface area contributed by atoms with Crippen molar-refractivity contribution >= 4 is 22.9 Å². The lowest BCUT2D eigenvalue weighted by molar-refractivity contribution is -0.139. The van der Waals surface area contributed by atoms with Gasteiger partial charge in [-0.3, -0.25) is 0 Å². The number of carboxylic acid groups (broad SMARTS) is 1. The Morgan fingerprint density at radius 3 is 2.67 bits per heavy atom. The summed E-state index contributed by atoms with van der Waals surface area (Å²) < 4.78 is 1.90. The van der Waals surface area contributed by atoms with Gasteiger partial charge in [0.25, 0.3) is 0 Å². The largest absolute Gasteiger partial charge is 0.479 e. The second-order valence-electron chi connectivity index (χ2n) is 5.19. The van der Waals surface area contributed by atoms with Gasteiger partial charge in [0, 0.05) is 16.5 Å². The van der Waals surface area contributed by atoms with Gasteiger partial charge >= 0.3 is 5.97 Å². The van der Waals surface area contributed by atoms with Crippen molar-refractivity contribution in [1.29, 1.82) is 0 Å². The maximum atomic E-state index is 11.7. The van der Waals surface area contributed by atoms with Crippen LogP contribution in [0.4, 0.5) is 0 Å². The number of carboxylic acids is 1. The zero-order valence-electron chi connectivity index (χ0n) is 11.2. The van der Waals surface area contributed by atoms with E-state index in [2.05, 4.69) is 6.07 Å². The number of carbonyl (C=O) groups is 1.